The van der Waals surface area contributed by atoms with Crippen LogP contribution in [0, 0.1) is 44.8 Å². The van der Waals surface area contributed by atoms with E-state index >= 15 is 0 Å². The normalized spacial score (nSPS) is 39.0. The smallest absolute Gasteiger partial charge is 0.310 e. The molecule has 0 bridgehead atoms. The fourth-order valence-electron chi connectivity index (χ4n) is 13.5. The molecule has 2 aromatic rings. The second-order valence-corrected chi connectivity index (χ2v) is 19.3. The maximum absolute atomic E-state index is 13.5. The Labute approximate surface area is 296 Å². The molecule has 0 amide bonds. The minimum Gasteiger partial charge on any atom is -0.481 e. The standard InChI is InChI=1S/C42H60N4O2.CH4/c1-37(2)17-19-42(36(47)48)20-18-41(7)33(30(42)25-37)28(26-11-13-27(14-12-26)46-21-9-8-10-22-46)23-32-39(5)24-29-34(44-45-35(29)43)38(3,4)31(39)15-16-40(32,41)6;/h11-14,30-32H,8-10,15-25H2,1-7H3,(H,47,48)(H3,43,44,45);1H4/t30?,31?,32?,39-,40+,41+,42-;/m0./s1. The van der Waals surface area contributed by atoms with E-state index in [4.69, 9.17) is 5.73 Å². The van der Waals surface area contributed by atoms with Crippen molar-refractivity contribution in [3.8, 4) is 0 Å². The van der Waals surface area contributed by atoms with Crippen molar-refractivity contribution in [3.63, 3.8) is 0 Å². The lowest BCUT2D eigenvalue weighted by Gasteiger charge is -2.71. The number of anilines is 2. The van der Waals surface area contributed by atoms with E-state index in [2.05, 4.69) is 87.8 Å². The van der Waals surface area contributed by atoms with Crippen molar-refractivity contribution in [1.29, 1.82) is 0 Å². The highest BCUT2D eigenvalue weighted by Crippen LogP contribution is 2.77. The molecule has 5 aliphatic carbocycles. The van der Waals surface area contributed by atoms with Gasteiger partial charge >= 0.3 is 5.97 Å². The summed E-state index contributed by atoms with van der Waals surface area (Å²) >= 11 is 0. The number of hydrogen-bond donors (Lipinski definition) is 3. The average molecular weight is 669 g/mol. The lowest BCUT2D eigenvalue weighted by Crippen LogP contribution is -2.65. The number of nitrogens with one attached hydrogen (secondary N) is 1. The van der Waals surface area contributed by atoms with E-state index in [0.29, 0.717) is 17.7 Å². The Morgan fingerprint density at radius 2 is 1.59 bits per heavy atom. The molecule has 1 aliphatic heterocycles. The number of fused-ring (bicyclic) bond motifs is 8. The Balaban J connectivity index is 0.00000378. The number of H-pyrrole nitrogens is 1. The molecule has 4 fully saturated rings. The van der Waals surface area contributed by atoms with Gasteiger partial charge in [-0.3, -0.25) is 9.89 Å². The molecule has 0 radical (unpaired) electrons. The summed E-state index contributed by atoms with van der Waals surface area (Å²) in [5.74, 6) is 1.14. The number of carboxylic acids is 1. The van der Waals surface area contributed by atoms with Crippen molar-refractivity contribution >= 4 is 23.0 Å². The molecule has 6 nitrogen and oxygen atoms in total. The van der Waals surface area contributed by atoms with Crippen molar-refractivity contribution in [2.24, 2.45) is 44.8 Å². The van der Waals surface area contributed by atoms with E-state index in [-0.39, 0.29) is 40.4 Å². The number of rotatable bonds is 3. The van der Waals surface area contributed by atoms with Gasteiger partial charge in [-0.2, -0.15) is 5.10 Å². The van der Waals surface area contributed by atoms with E-state index in [9.17, 15) is 9.90 Å². The van der Waals surface area contributed by atoms with Crippen molar-refractivity contribution in [2.45, 2.75) is 138 Å². The summed E-state index contributed by atoms with van der Waals surface area (Å²) in [7, 11) is 0. The van der Waals surface area contributed by atoms with Crippen LogP contribution in [0.1, 0.15) is 143 Å². The third-order valence-corrected chi connectivity index (χ3v) is 16.3. The number of aromatic amines is 1. The maximum atomic E-state index is 13.5. The molecule has 2 heterocycles. The van der Waals surface area contributed by atoms with E-state index in [1.54, 1.807) is 0 Å². The minimum absolute atomic E-state index is 0. The first-order chi connectivity index (χ1) is 22.6. The van der Waals surface area contributed by atoms with Gasteiger partial charge in [-0.1, -0.05) is 73.6 Å². The molecular weight excluding hydrogens is 604 g/mol. The number of nitrogens with zero attached hydrogens (tertiary/aromatic N) is 2. The molecule has 8 rings (SSSR count). The molecule has 6 heteroatoms. The molecule has 6 aliphatic rings. The van der Waals surface area contributed by atoms with Crippen LogP contribution in [0.5, 0.6) is 0 Å². The van der Waals surface area contributed by atoms with E-state index < -0.39 is 11.4 Å². The number of aromatic nitrogens is 2. The topological polar surface area (TPSA) is 95.2 Å². The van der Waals surface area contributed by atoms with Gasteiger partial charge in [0, 0.05) is 35.4 Å². The quantitative estimate of drug-likeness (QED) is 0.303. The van der Waals surface area contributed by atoms with Gasteiger partial charge in [0.1, 0.15) is 5.82 Å². The first-order valence-electron chi connectivity index (χ1n) is 19.2. The Bertz CT molecular complexity index is 1660. The van der Waals surface area contributed by atoms with Gasteiger partial charge in [-0.05, 0) is 140 Å². The molecule has 1 saturated heterocycles. The number of aliphatic carboxylic acids is 1. The highest BCUT2D eigenvalue weighted by Gasteiger charge is 2.70. The zero-order valence-electron chi connectivity index (χ0n) is 30.8. The van der Waals surface area contributed by atoms with Crippen LogP contribution in [-0.2, 0) is 16.6 Å². The fraction of sp³-hybridized carbons (Fsp3) is 0.721. The predicted molar refractivity (Wildman–Crippen MR) is 201 cm³/mol. The second kappa shape index (κ2) is 11.1. The molecule has 7 atom stereocenters. The van der Waals surface area contributed by atoms with Crippen LogP contribution in [0.4, 0.5) is 11.5 Å². The SMILES string of the molecule is C.CC1(C)CC[C@]2(C(=O)O)CC[C@]3(C)C(=C(c4ccc(N5CCCCC5)cc4)CC4[C@@]5(C)Cc6c(N)n[nH]c6C(C)(C)C5CC[C@]43C)C2C1. The van der Waals surface area contributed by atoms with Crippen LogP contribution in [0.15, 0.2) is 29.8 Å². The number of nitrogen functional groups attached to an aromatic ring is 1. The number of piperidine rings is 1. The highest BCUT2D eigenvalue weighted by atomic mass is 16.4. The summed E-state index contributed by atoms with van der Waals surface area (Å²) in [6, 6.07) is 9.54. The fourth-order valence-corrected chi connectivity index (χ4v) is 13.5. The Morgan fingerprint density at radius 1 is 0.918 bits per heavy atom. The molecular formula is C43H64N4O2. The average Bonchev–Trinajstić information content (AvgIpc) is 3.41. The van der Waals surface area contributed by atoms with Gasteiger partial charge < -0.3 is 15.7 Å². The molecule has 268 valence electrons. The summed E-state index contributed by atoms with van der Waals surface area (Å²) < 4.78 is 0. The van der Waals surface area contributed by atoms with Crippen LogP contribution < -0.4 is 10.6 Å². The van der Waals surface area contributed by atoms with Gasteiger partial charge in [0.05, 0.1) is 5.41 Å². The summed E-state index contributed by atoms with van der Waals surface area (Å²) in [5, 5.41) is 19.0. The van der Waals surface area contributed by atoms with Crippen LogP contribution in [0.3, 0.4) is 0 Å². The molecule has 0 spiro atoms. The van der Waals surface area contributed by atoms with Gasteiger partial charge in [0.15, 0.2) is 0 Å². The first-order valence-corrected chi connectivity index (χ1v) is 19.2. The van der Waals surface area contributed by atoms with Crippen LogP contribution in [0.2, 0.25) is 0 Å². The van der Waals surface area contributed by atoms with Crippen molar-refractivity contribution in [3.05, 3.63) is 46.7 Å². The largest absolute Gasteiger partial charge is 0.481 e. The minimum atomic E-state index is -0.666. The zero-order chi connectivity index (χ0) is 34.1. The Morgan fingerprint density at radius 3 is 2.27 bits per heavy atom. The van der Waals surface area contributed by atoms with Crippen LogP contribution in [0.25, 0.3) is 5.57 Å². The lowest BCUT2D eigenvalue weighted by atomic mass is 9.33. The van der Waals surface area contributed by atoms with Crippen LogP contribution >= 0.6 is 0 Å². The Hall–Kier alpha value is -2.76. The third kappa shape index (κ3) is 4.62. The zero-order valence-corrected chi connectivity index (χ0v) is 30.8. The number of allylic oxidation sites excluding steroid dienone is 2. The molecule has 3 saturated carbocycles. The lowest BCUT2D eigenvalue weighted by molar-refractivity contribution is -0.175. The molecule has 49 heavy (non-hydrogen) atoms. The number of nitrogens with two attached hydrogens (primary N) is 1. The van der Waals surface area contributed by atoms with Crippen molar-refractivity contribution in [2.75, 3.05) is 23.7 Å². The maximum Gasteiger partial charge on any atom is 0.310 e. The molecule has 3 unspecified atom stereocenters. The molecule has 1 aromatic heterocycles. The number of carboxylic acid groups (broad SMARTS) is 1. The van der Waals surface area contributed by atoms with E-state index in [0.717, 1.165) is 58.0 Å². The molecule has 4 N–H and O–H groups in total. The van der Waals surface area contributed by atoms with E-state index in [1.807, 2.05) is 0 Å². The van der Waals surface area contributed by atoms with Crippen molar-refractivity contribution in [1.82, 2.24) is 10.2 Å². The summed E-state index contributed by atoms with van der Waals surface area (Å²) in [5.41, 5.74) is 14.2. The Kier molecular flexibility index (Phi) is 7.87. The summed E-state index contributed by atoms with van der Waals surface area (Å²) in [6.45, 7) is 19.7. The second-order valence-electron chi connectivity index (χ2n) is 19.3. The highest BCUT2D eigenvalue weighted by molar-refractivity contribution is 5.80. The van der Waals surface area contributed by atoms with Gasteiger partial charge in [0.2, 0.25) is 0 Å². The number of carbonyl (C=O) groups is 1. The van der Waals surface area contributed by atoms with Gasteiger partial charge in [0.25, 0.3) is 0 Å². The third-order valence-electron chi connectivity index (χ3n) is 16.3. The molecule has 1 aromatic carbocycles. The summed E-state index contributed by atoms with van der Waals surface area (Å²) in [4.78, 5) is 16.1. The van der Waals surface area contributed by atoms with Gasteiger partial charge in [-0.25, -0.2) is 0 Å². The monoisotopic (exact) mass is 669 g/mol. The first kappa shape index (κ1) is 34.7. The van der Waals surface area contributed by atoms with Crippen LogP contribution in [-0.4, -0.2) is 34.4 Å². The van der Waals surface area contributed by atoms with E-state index in [1.165, 1.54) is 65.8 Å². The van der Waals surface area contributed by atoms with Crippen molar-refractivity contribution < 1.29 is 9.90 Å². The predicted octanol–water partition coefficient (Wildman–Crippen LogP) is 10.0. The number of benzene rings is 1. The summed E-state index contributed by atoms with van der Waals surface area (Å²) in [6.07, 6.45) is 12.7. The number of hydrogen-bond acceptors (Lipinski definition) is 4. The van der Waals surface area contributed by atoms with Gasteiger partial charge in [-0.15, -0.1) is 0 Å².